The number of anilines is 1. The Balaban J connectivity index is 2.63. The van der Waals surface area contributed by atoms with Crippen LogP contribution in [0, 0.1) is 12.3 Å². The molecule has 0 atom stereocenters. The zero-order chi connectivity index (χ0) is 10.8. The third kappa shape index (κ3) is 2.92. The largest absolute Gasteiger partial charge is 0.349 e. The van der Waals surface area contributed by atoms with Crippen molar-refractivity contribution in [2.24, 2.45) is 11.1 Å². The molecule has 1 aromatic heterocycles. The van der Waals surface area contributed by atoms with E-state index in [1.807, 2.05) is 14.0 Å². The lowest BCUT2D eigenvalue weighted by atomic mass is 9.93. The quantitative estimate of drug-likeness (QED) is 0.820. The van der Waals surface area contributed by atoms with Gasteiger partial charge in [0.15, 0.2) is 0 Å². The van der Waals surface area contributed by atoms with Gasteiger partial charge in [0.1, 0.15) is 5.01 Å². The first-order valence-corrected chi connectivity index (χ1v) is 5.47. The second-order valence-electron chi connectivity index (χ2n) is 4.33. The molecule has 14 heavy (non-hydrogen) atoms. The van der Waals surface area contributed by atoms with Crippen molar-refractivity contribution in [3.05, 3.63) is 5.01 Å². The molecule has 0 aliphatic rings. The van der Waals surface area contributed by atoms with Crippen molar-refractivity contribution in [3.8, 4) is 0 Å². The fraction of sp³-hybridized carbons (Fsp3) is 0.778. The summed E-state index contributed by atoms with van der Waals surface area (Å²) in [5.74, 6) is 0. The zero-order valence-corrected chi connectivity index (χ0v) is 10.1. The average Bonchev–Trinajstić information content (AvgIpc) is 2.51. The fourth-order valence-electron chi connectivity index (χ4n) is 1.21. The molecule has 80 valence electrons. The first-order chi connectivity index (χ1) is 6.44. The van der Waals surface area contributed by atoms with Gasteiger partial charge >= 0.3 is 0 Å². The number of aryl methyl sites for hydroxylation is 1. The van der Waals surface area contributed by atoms with Gasteiger partial charge in [0, 0.05) is 13.6 Å². The van der Waals surface area contributed by atoms with Gasteiger partial charge in [-0.1, -0.05) is 25.2 Å². The third-order valence-corrected chi connectivity index (χ3v) is 3.01. The monoisotopic (exact) mass is 214 g/mol. The summed E-state index contributed by atoms with van der Waals surface area (Å²) in [6.07, 6.45) is 0. The van der Waals surface area contributed by atoms with Crippen LogP contribution in [0.4, 0.5) is 5.13 Å². The summed E-state index contributed by atoms with van der Waals surface area (Å²) in [6, 6.07) is 0. The summed E-state index contributed by atoms with van der Waals surface area (Å²) >= 11 is 1.61. The van der Waals surface area contributed by atoms with Gasteiger partial charge < -0.3 is 10.6 Å². The highest BCUT2D eigenvalue weighted by Crippen LogP contribution is 2.22. The van der Waals surface area contributed by atoms with E-state index >= 15 is 0 Å². The van der Waals surface area contributed by atoms with Crippen LogP contribution in [0.15, 0.2) is 0 Å². The molecular weight excluding hydrogens is 196 g/mol. The van der Waals surface area contributed by atoms with Crippen molar-refractivity contribution in [1.82, 2.24) is 10.2 Å². The van der Waals surface area contributed by atoms with Crippen molar-refractivity contribution < 1.29 is 0 Å². The van der Waals surface area contributed by atoms with E-state index in [2.05, 4.69) is 28.9 Å². The minimum absolute atomic E-state index is 0.119. The lowest BCUT2D eigenvalue weighted by Gasteiger charge is -2.28. The fourth-order valence-corrected chi connectivity index (χ4v) is 1.86. The van der Waals surface area contributed by atoms with E-state index < -0.39 is 0 Å². The normalized spacial score (nSPS) is 11.8. The van der Waals surface area contributed by atoms with Gasteiger partial charge in [-0.25, -0.2) is 0 Å². The van der Waals surface area contributed by atoms with Crippen molar-refractivity contribution >= 4 is 16.5 Å². The second kappa shape index (κ2) is 4.23. The zero-order valence-electron chi connectivity index (χ0n) is 9.24. The van der Waals surface area contributed by atoms with Crippen molar-refractivity contribution in [2.75, 3.05) is 25.0 Å². The van der Waals surface area contributed by atoms with Crippen LogP contribution in [0.1, 0.15) is 18.9 Å². The van der Waals surface area contributed by atoms with Gasteiger partial charge in [-0.3, -0.25) is 0 Å². The molecule has 0 aliphatic carbocycles. The summed E-state index contributed by atoms with van der Waals surface area (Å²) in [7, 11) is 2.03. The van der Waals surface area contributed by atoms with E-state index in [4.69, 9.17) is 5.73 Å². The minimum Gasteiger partial charge on any atom is -0.349 e. The lowest BCUT2D eigenvalue weighted by Crippen LogP contribution is -2.36. The topological polar surface area (TPSA) is 55.0 Å². The van der Waals surface area contributed by atoms with Crippen LogP contribution < -0.4 is 10.6 Å². The first-order valence-electron chi connectivity index (χ1n) is 4.66. The van der Waals surface area contributed by atoms with E-state index in [0.717, 1.165) is 16.7 Å². The Kier molecular flexibility index (Phi) is 3.44. The predicted octanol–water partition coefficient (Wildman–Crippen LogP) is 1.27. The van der Waals surface area contributed by atoms with Crippen LogP contribution in [0.3, 0.4) is 0 Å². The van der Waals surface area contributed by atoms with Crippen LogP contribution in [0.5, 0.6) is 0 Å². The molecule has 5 heteroatoms. The van der Waals surface area contributed by atoms with Crippen molar-refractivity contribution in [1.29, 1.82) is 0 Å². The van der Waals surface area contributed by atoms with E-state index in [9.17, 15) is 0 Å². The molecule has 2 N–H and O–H groups in total. The molecule has 0 radical (unpaired) electrons. The molecular formula is C9H18N4S. The highest BCUT2D eigenvalue weighted by atomic mass is 32.1. The highest BCUT2D eigenvalue weighted by molar-refractivity contribution is 7.15. The minimum atomic E-state index is 0.119. The maximum Gasteiger partial charge on any atom is 0.208 e. The summed E-state index contributed by atoms with van der Waals surface area (Å²) < 4.78 is 0. The van der Waals surface area contributed by atoms with Gasteiger partial charge in [-0.05, 0) is 18.9 Å². The number of nitrogens with two attached hydrogens (primary N) is 1. The molecule has 0 aromatic carbocycles. The summed E-state index contributed by atoms with van der Waals surface area (Å²) in [5.41, 5.74) is 5.80. The molecule has 0 saturated heterocycles. The molecule has 1 heterocycles. The van der Waals surface area contributed by atoms with E-state index in [-0.39, 0.29) is 5.41 Å². The summed E-state index contributed by atoms with van der Waals surface area (Å²) in [4.78, 5) is 2.11. The Labute approximate surface area is 89.1 Å². The highest BCUT2D eigenvalue weighted by Gasteiger charge is 2.19. The number of hydrogen-bond acceptors (Lipinski definition) is 5. The summed E-state index contributed by atoms with van der Waals surface area (Å²) in [5, 5.41) is 10.0. The number of rotatable bonds is 4. The van der Waals surface area contributed by atoms with Crippen molar-refractivity contribution in [2.45, 2.75) is 20.8 Å². The van der Waals surface area contributed by atoms with Gasteiger partial charge in [-0.2, -0.15) is 0 Å². The van der Waals surface area contributed by atoms with Crippen LogP contribution >= 0.6 is 11.3 Å². The molecule has 0 fully saturated rings. The second-order valence-corrected chi connectivity index (χ2v) is 5.49. The van der Waals surface area contributed by atoms with Gasteiger partial charge in [0.2, 0.25) is 5.13 Å². The molecule has 0 bridgehead atoms. The lowest BCUT2D eigenvalue weighted by molar-refractivity contribution is 0.385. The molecule has 0 aliphatic heterocycles. The Morgan fingerprint density at radius 3 is 2.50 bits per heavy atom. The Morgan fingerprint density at radius 1 is 1.43 bits per heavy atom. The van der Waals surface area contributed by atoms with Gasteiger partial charge in [0.25, 0.3) is 0 Å². The molecule has 0 spiro atoms. The molecule has 0 unspecified atom stereocenters. The van der Waals surface area contributed by atoms with E-state index in [0.29, 0.717) is 6.54 Å². The first kappa shape index (κ1) is 11.4. The predicted molar refractivity (Wildman–Crippen MR) is 60.8 cm³/mol. The Hall–Kier alpha value is -0.680. The molecule has 1 aromatic rings. The molecule has 4 nitrogen and oxygen atoms in total. The maximum atomic E-state index is 5.68. The molecule has 0 saturated carbocycles. The number of hydrogen-bond donors (Lipinski definition) is 1. The number of nitrogens with zero attached hydrogens (tertiary/aromatic N) is 3. The van der Waals surface area contributed by atoms with Crippen LogP contribution in [0.2, 0.25) is 0 Å². The SMILES string of the molecule is Cc1nnc(N(C)CC(C)(C)CN)s1. The molecule has 0 amide bonds. The van der Waals surface area contributed by atoms with Crippen LogP contribution in [0.25, 0.3) is 0 Å². The third-order valence-electron chi connectivity index (χ3n) is 2.06. The van der Waals surface area contributed by atoms with Gasteiger partial charge in [-0.15, -0.1) is 10.2 Å². The Bertz CT molecular complexity index is 295. The van der Waals surface area contributed by atoms with E-state index in [1.165, 1.54) is 0 Å². The van der Waals surface area contributed by atoms with E-state index in [1.54, 1.807) is 11.3 Å². The van der Waals surface area contributed by atoms with Crippen LogP contribution in [-0.4, -0.2) is 30.3 Å². The smallest absolute Gasteiger partial charge is 0.208 e. The average molecular weight is 214 g/mol. The number of aromatic nitrogens is 2. The Morgan fingerprint density at radius 2 is 2.07 bits per heavy atom. The van der Waals surface area contributed by atoms with Crippen LogP contribution in [-0.2, 0) is 0 Å². The molecule has 1 rings (SSSR count). The van der Waals surface area contributed by atoms with Crippen molar-refractivity contribution in [3.63, 3.8) is 0 Å². The van der Waals surface area contributed by atoms with Gasteiger partial charge in [0.05, 0.1) is 0 Å². The standard InChI is InChI=1S/C9H18N4S/c1-7-11-12-8(14-7)13(4)6-9(2,3)5-10/h5-6,10H2,1-4H3. The maximum absolute atomic E-state index is 5.68. The summed E-state index contributed by atoms with van der Waals surface area (Å²) in [6.45, 7) is 7.84.